The molecule has 16 heavy (non-hydrogen) atoms. The summed E-state index contributed by atoms with van der Waals surface area (Å²) < 4.78 is 4.48. The van der Waals surface area contributed by atoms with E-state index in [-0.39, 0.29) is 30.5 Å². The summed E-state index contributed by atoms with van der Waals surface area (Å²) in [5.74, 6) is -0.263. The van der Waals surface area contributed by atoms with E-state index in [9.17, 15) is 9.59 Å². The number of ketones is 1. The third kappa shape index (κ3) is 4.49. The van der Waals surface area contributed by atoms with Crippen LogP contribution in [0.3, 0.4) is 0 Å². The van der Waals surface area contributed by atoms with E-state index in [0.29, 0.717) is 0 Å². The van der Waals surface area contributed by atoms with Gasteiger partial charge in [-0.3, -0.25) is 9.59 Å². The first-order valence-electron chi connectivity index (χ1n) is 5.51. The van der Waals surface area contributed by atoms with Gasteiger partial charge in [-0.15, -0.1) is 12.4 Å². The molecule has 0 radical (unpaired) electrons. The van der Waals surface area contributed by atoms with Gasteiger partial charge in [0.25, 0.3) is 0 Å². The Morgan fingerprint density at radius 1 is 1.31 bits per heavy atom. The van der Waals surface area contributed by atoms with Crippen molar-refractivity contribution in [3.63, 3.8) is 0 Å². The van der Waals surface area contributed by atoms with E-state index in [4.69, 9.17) is 5.73 Å². The van der Waals surface area contributed by atoms with Crippen molar-refractivity contribution in [2.75, 3.05) is 7.11 Å². The monoisotopic (exact) mass is 249 g/mol. The van der Waals surface area contributed by atoms with Gasteiger partial charge in [-0.2, -0.15) is 0 Å². The number of esters is 1. The summed E-state index contributed by atoms with van der Waals surface area (Å²) in [5.41, 5.74) is 5.54. The molecule has 5 heteroatoms. The van der Waals surface area contributed by atoms with E-state index in [2.05, 4.69) is 4.74 Å². The number of methoxy groups -OCH3 is 1. The molecule has 1 aliphatic rings. The molecule has 1 aliphatic carbocycles. The van der Waals surface area contributed by atoms with Crippen molar-refractivity contribution in [3.05, 3.63) is 0 Å². The summed E-state index contributed by atoms with van der Waals surface area (Å²) in [6.45, 7) is 0. The number of Topliss-reactive ketones (excluding diaryl/α,β-unsaturated/α-hetero) is 1. The van der Waals surface area contributed by atoms with Crippen molar-refractivity contribution in [1.82, 2.24) is 0 Å². The van der Waals surface area contributed by atoms with Crippen LogP contribution in [0.5, 0.6) is 0 Å². The molecule has 0 bridgehead atoms. The molecule has 0 spiro atoms. The lowest BCUT2D eigenvalue weighted by molar-refractivity contribution is -0.144. The molecular weight excluding hydrogens is 230 g/mol. The van der Waals surface area contributed by atoms with Gasteiger partial charge in [-0.1, -0.05) is 19.3 Å². The third-order valence-corrected chi connectivity index (χ3v) is 2.99. The normalized spacial score (nSPS) is 18.4. The highest BCUT2D eigenvalue weighted by molar-refractivity contribution is 5.87. The van der Waals surface area contributed by atoms with Crippen LogP contribution in [0.25, 0.3) is 0 Å². The van der Waals surface area contributed by atoms with Gasteiger partial charge >= 0.3 is 5.97 Å². The predicted octanol–water partition coefficient (Wildman–Crippen LogP) is 1.45. The van der Waals surface area contributed by atoms with Gasteiger partial charge < -0.3 is 10.5 Å². The van der Waals surface area contributed by atoms with Crippen LogP contribution in [0.1, 0.15) is 38.5 Å². The van der Waals surface area contributed by atoms with Crippen molar-refractivity contribution >= 4 is 24.2 Å². The lowest BCUT2D eigenvalue weighted by atomic mass is 9.84. The molecule has 0 heterocycles. The summed E-state index contributed by atoms with van der Waals surface area (Å²) in [4.78, 5) is 22.8. The van der Waals surface area contributed by atoms with Crippen LogP contribution in [0, 0.1) is 5.92 Å². The second-order valence-corrected chi connectivity index (χ2v) is 4.14. The SMILES string of the molecule is COC(=O)C(N)CC(=O)C1CCCCC1.Cl. The highest BCUT2D eigenvalue weighted by atomic mass is 35.5. The Kier molecular flexibility index (Phi) is 7.34. The maximum atomic E-state index is 11.7. The van der Waals surface area contributed by atoms with E-state index in [1.807, 2.05) is 0 Å². The maximum Gasteiger partial charge on any atom is 0.323 e. The van der Waals surface area contributed by atoms with Gasteiger partial charge in [0.05, 0.1) is 7.11 Å². The van der Waals surface area contributed by atoms with Crippen molar-refractivity contribution in [2.45, 2.75) is 44.6 Å². The van der Waals surface area contributed by atoms with Crippen LogP contribution in [-0.2, 0) is 14.3 Å². The number of halogens is 1. The van der Waals surface area contributed by atoms with Crippen LogP contribution >= 0.6 is 12.4 Å². The van der Waals surface area contributed by atoms with Gasteiger partial charge in [-0.05, 0) is 12.8 Å². The Labute approximate surface area is 102 Å². The molecule has 1 saturated carbocycles. The van der Waals surface area contributed by atoms with Gasteiger partial charge in [0.2, 0.25) is 0 Å². The van der Waals surface area contributed by atoms with Crippen molar-refractivity contribution in [3.8, 4) is 0 Å². The molecule has 0 saturated heterocycles. The molecule has 0 amide bonds. The number of carbonyl (C=O) groups excluding carboxylic acids is 2. The number of nitrogens with two attached hydrogens (primary N) is 1. The molecule has 0 aromatic heterocycles. The summed E-state index contributed by atoms with van der Waals surface area (Å²) in [7, 11) is 1.28. The molecule has 2 N–H and O–H groups in total. The standard InChI is InChI=1S/C11H19NO3.ClH/c1-15-11(14)9(12)7-10(13)8-5-3-2-4-6-8;/h8-9H,2-7,12H2,1H3;1H. The first kappa shape index (κ1) is 15.4. The second kappa shape index (κ2) is 7.63. The summed E-state index contributed by atoms with van der Waals surface area (Å²) in [6.07, 6.45) is 5.47. The van der Waals surface area contributed by atoms with Crippen LogP contribution < -0.4 is 5.73 Å². The number of hydrogen-bond acceptors (Lipinski definition) is 4. The lowest BCUT2D eigenvalue weighted by Crippen LogP contribution is -2.35. The average Bonchev–Trinajstić information content (AvgIpc) is 2.29. The number of ether oxygens (including phenoxy) is 1. The highest BCUT2D eigenvalue weighted by Gasteiger charge is 2.25. The minimum absolute atomic E-state index is 0. The van der Waals surface area contributed by atoms with Crippen LogP contribution in [0.2, 0.25) is 0 Å². The van der Waals surface area contributed by atoms with E-state index in [0.717, 1.165) is 25.7 Å². The summed E-state index contributed by atoms with van der Waals surface area (Å²) in [6, 6.07) is -0.788. The third-order valence-electron chi connectivity index (χ3n) is 2.99. The van der Waals surface area contributed by atoms with E-state index < -0.39 is 12.0 Å². The van der Waals surface area contributed by atoms with Crippen LogP contribution in [0.15, 0.2) is 0 Å². The molecule has 1 fully saturated rings. The number of rotatable bonds is 4. The van der Waals surface area contributed by atoms with E-state index in [1.54, 1.807) is 0 Å². The molecular formula is C11H20ClNO3. The largest absolute Gasteiger partial charge is 0.468 e. The summed E-state index contributed by atoms with van der Waals surface area (Å²) >= 11 is 0. The Hall–Kier alpha value is -0.610. The highest BCUT2D eigenvalue weighted by Crippen LogP contribution is 2.25. The first-order valence-corrected chi connectivity index (χ1v) is 5.51. The summed E-state index contributed by atoms with van der Waals surface area (Å²) in [5, 5.41) is 0. The van der Waals surface area contributed by atoms with Crippen LogP contribution in [-0.4, -0.2) is 24.9 Å². The Morgan fingerprint density at radius 2 is 1.88 bits per heavy atom. The van der Waals surface area contributed by atoms with Crippen molar-refractivity contribution in [2.24, 2.45) is 11.7 Å². The number of carbonyl (C=O) groups is 2. The Bertz CT molecular complexity index is 239. The second-order valence-electron chi connectivity index (χ2n) is 4.14. The molecule has 94 valence electrons. The first-order chi connectivity index (χ1) is 7.15. The lowest BCUT2D eigenvalue weighted by Gasteiger charge is -2.21. The van der Waals surface area contributed by atoms with E-state index in [1.165, 1.54) is 13.5 Å². The zero-order valence-corrected chi connectivity index (χ0v) is 10.4. The zero-order chi connectivity index (χ0) is 11.3. The Morgan fingerprint density at radius 3 is 2.38 bits per heavy atom. The van der Waals surface area contributed by atoms with Crippen LogP contribution in [0.4, 0.5) is 0 Å². The fourth-order valence-corrected chi connectivity index (χ4v) is 2.04. The molecule has 0 aliphatic heterocycles. The van der Waals surface area contributed by atoms with Gasteiger partial charge in [0.1, 0.15) is 11.8 Å². The fourth-order valence-electron chi connectivity index (χ4n) is 2.04. The fraction of sp³-hybridized carbons (Fsp3) is 0.818. The number of hydrogen-bond donors (Lipinski definition) is 1. The van der Waals surface area contributed by atoms with Gasteiger partial charge in [0, 0.05) is 12.3 Å². The minimum atomic E-state index is -0.788. The quantitative estimate of drug-likeness (QED) is 0.766. The van der Waals surface area contributed by atoms with Crippen molar-refractivity contribution < 1.29 is 14.3 Å². The zero-order valence-electron chi connectivity index (χ0n) is 9.61. The molecule has 1 atom stereocenters. The minimum Gasteiger partial charge on any atom is -0.468 e. The van der Waals surface area contributed by atoms with Gasteiger partial charge in [0.15, 0.2) is 0 Å². The van der Waals surface area contributed by atoms with E-state index >= 15 is 0 Å². The predicted molar refractivity (Wildman–Crippen MR) is 63.4 cm³/mol. The smallest absolute Gasteiger partial charge is 0.323 e. The topological polar surface area (TPSA) is 69.4 Å². The molecule has 0 aromatic carbocycles. The molecule has 1 unspecified atom stereocenters. The average molecular weight is 250 g/mol. The van der Waals surface area contributed by atoms with Gasteiger partial charge in [-0.25, -0.2) is 0 Å². The maximum absolute atomic E-state index is 11.7. The molecule has 0 aromatic rings. The molecule has 1 rings (SSSR count). The van der Waals surface area contributed by atoms with Crippen molar-refractivity contribution in [1.29, 1.82) is 0 Å². The Balaban J connectivity index is 0.00000225. The molecule has 4 nitrogen and oxygen atoms in total.